The molecule has 4 rings (SSSR count). The third kappa shape index (κ3) is 3.14. The third-order valence-electron chi connectivity index (χ3n) is 5.44. The molecule has 1 amide bonds. The van der Waals surface area contributed by atoms with Crippen LogP contribution in [0.3, 0.4) is 0 Å². The summed E-state index contributed by atoms with van der Waals surface area (Å²) < 4.78 is 33.0. The number of amides is 1. The number of carbonyl (C=O) groups excluding carboxylic acids is 1. The van der Waals surface area contributed by atoms with Gasteiger partial charge in [-0.3, -0.25) is 4.79 Å². The molecule has 2 atom stereocenters. The van der Waals surface area contributed by atoms with Crippen LogP contribution in [-0.2, 0) is 27.7 Å². The van der Waals surface area contributed by atoms with Gasteiger partial charge in [0.15, 0.2) is 5.82 Å². The topological polar surface area (TPSA) is 105 Å². The lowest BCUT2D eigenvalue weighted by molar-refractivity contribution is -0.124. The van der Waals surface area contributed by atoms with E-state index in [4.69, 9.17) is 4.52 Å². The summed E-state index contributed by atoms with van der Waals surface area (Å²) in [6.07, 6.45) is 2.96. The van der Waals surface area contributed by atoms with Gasteiger partial charge in [-0.1, -0.05) is 11.2 Å². The molecule has 1 aliphatic carbocycles. The number of benzene rings is 1. The fourth-order valence-electron chi connectivity index (χ4n) is 3.99. The van der Waals surface area contributed by atoms with Crippen LogP contribution in [0.1, 0.15) is 35.2 Å². The molecular weight excluding hydrogens is 368 g/mol. The van der Waals surface area contributed by atoms with Crippen molar-refractivity contribution in [3.05, 3.63) is 41.0 Å². The first-order valence-electron chi connectivity index (χ1n) is 9.04. The zero-order valence-corrected chi connectivity index (χ0v) is 16.1. The third-order valence-corrected chi connectivity index (χ3v) is 7.27. The SMILES string of the molecule is CNC(=O)[C@@H]1CN(S(=O)(=O)c2ccc3c(c2)CCC3)C[C@H]1c1nc(C)no1. The van der Waals surface area contributed by atoms with Crippen molar-refractivity contribution in [2.75, 3.05) is 20.1 Å². The summed E-state index contributed by atoms with van der Waals surface area (Å²) in [5, 5.41) is 6.39. The highest BCUT2D eigenvalue weighted by atomic mass is 32.2. The van der Waals surface area contributed by atoms with E-state index < -0.39 is 21.9 Å². The Morgan fingerprint density at radius 1 is 1.26 bits per heavy atom. The van der Waals surface area contributed by atoms with Crippen LogP contribution in [0.5, 0.6) is 0 Å². The number of fused-ring (bicyclic) bond motifs is 1. The molecule has 2 aliphatic rings. The molecule has 1 saturated heterocycles. The van der Waals surface area contributed by atoms with Gasteiger partial charge in [-0.2, -0.15) is 9.29 Å². The van der Waals surface area contributed by atoms with Crippen LogP contribution >= 0.6 is 0 Å². The van der Waals surface area contributed by atoms with E-state index in [9.17, 15) is 13.2 Å². The van der Waals surface area contributed by atoms with Crippen molar-refractivity contribution in [3.8, 4) is 0 Å². The predicted molar refractivity (Wildman–Crippen MR) is 96.6 cm³/mol. The predicted octanol–water partition coefficient (Wildman–Crippen LogP) is 1.02. The van der Waals surface area contributed by atoms with Crippen molar-refractivity contribution < 1.29 is 17.7 Å². The van der Waals surface area contributed by atoms with E-state index in [2.05, 4.69) is 15.5 Å². The van der Waals surface area contributed by atoms with Crippen molar-refractivity contribution in [2.24, 2.45) is 5.92 Å². The molecule has 0 saturated carbocycles. The Morgan fingerprint density at radius 3 is 2.74 bits per heavy atom. The van der Waals surface area contributed by atoms with Crippen LogP contribution in [-0.4, -0.2) is 48.9 Å². The van der Waals surface area contributed by atoms with Crippen LogP contribution in [0.2, 0.25) is 0 Å². The Kier molecular flexibility index (Phi) is 4.51. The van der Waals surface area contributed by atoms with Crippen molar-refractivity contribution in [1.82, 2.24) is 19.8 Å². The standard InChI is InChI=1S/C18H22N4O4S/c1-11-20-18(26-21-11)16-10-22(9-15(16)17(23)19-2)27(24,25)14-7-6-12-4-3-5-13(12)8-14/h6-8,15-16H,3-5,9-10H2,1-2H3,(H,19,23)/t15-,16-/m1/s1. The summed E-state index contributed by atoms with van der Waals surface area (Å²) in [5.41, 5.74) is 2.32. The largest absolute Gasteiger partial charge is 0.359 e. The van der Waals surface area contributed by atoms with E-state index in [0.717, 1.165) is 24.8 Å². The average Bonchev–Trinajstić information content (AvgIpc) is 3.38. The van der Waals surface area contributed by atoms with Gasteiger partial charge >= 0.3 is 0 Å². The second-order valence-corrected chi connectivity index (χ2v) is 9.05. The van der Waals surface area contributed by atoms with E-state index in [1.807, 2.05) is 6.07 Å². The first-order chi connectivity index (χ1) is 12.9. The molecule has 144 valence electrons. The van der Waals surface area contributed by atoms with E-state index in [1.54, 1.807) is 19.1 Å². The summed E-state index contributed by atoms with van der Waals surface area (Å²) in [5.74, 6) is -0.509. The Bertz CT molecular complexity index is 985. The second-order valence-electron chi connectivity index (χ2n) is 7.11. The quantitative estimate of drug-likeness (QED) is 0.835. The molecule has 0 radical (unpaired) electrons. The molecule has 1 aromatic heterocycles. The molecular formula is C18H22N4O4S. The number of aromatic nitrogens is 2. The maximum Gasteiger partial charge on any atom is 0.243 e. The Hall–Kier alpha value is -2.26. The lowest BCUT2D eigenvalue weighted by Crippen LogP contribution is -2.33. The molecule has 0 spiro atoms. The van der Waals surface area contributed by atoms with Gasteiger partial charge in [0.25, 0.3) is 0 Å². The van der Waals surface area contributed by atoms with Gasteiger partial charge in [0, 0.05) is 20.1 Å². The summed E-state index contributed by atoms with van der Waals surface area (Å²) in [7, 11) is -2.17. The zero-order chi connectivity index (χ0) is 19.2. The molecule has 1 aliphatic heterocycles. The van der Waals surface area contributed by atoms with Gasteiger partial charge in [0.05, 0.1) is 16.7 Å². The van der Waals surface area contributed by atoms with E-state index in [-0.39, 0.29) is 23.9 Å². The monoisotopic (exact) mass is 390 g/mol. The van der Waals surface area contributed by atoms with Crippen LogP contribution in [0.25, 0.3) is 0 Å². The van der Waals surface area contributed by atoms with Gasteiger partial charge in [-0.15, -0.1) is 0 Å². The van der Waals surface area contributed by atoms with Crippen molar-refractivity contribution in [1.29, 1.82) is 0 Å². The first-order valence-corrected chi connectivity index (χ1v) is 10.5. The molecule has 8 nitrogen and oxygen atoms in total. The summed E-state index contributed by atoms with van der Waals surface area (Å²) in [6, 6.07) is 5.34. The highest BCUT2D eigenvalue weighted by Crippen LogP contribution is 2.36. The van der Waals surface area contributed by atoms with Gasteiger partial charge in [-0.25, -0.2) is 8.42 Å². The van der Waals surface area contributed by atoms with E-state index in [0.29, 0.717) is 11.7 Å². The molecule has 9 heteroatoms. The first kappa shape index (κ1) is 18.1. The number of carbonyl (C=O) groups is 1. The fourth-order valence-corrected chi connectivity index (χ4v) is 5.53. The van der Waals surface area contributed by atoms with Gasteiger partial charge in [0.2, 0.25) is 21.8 Å². The number of rotatable bonds is 4. The molecule has 0 unspecified atom stereocenters. The van der Waals surface area contributed by atoms with Crippen molar-refractivity contribution in [3.63, 3.8) is 0 Å². The second kappa shape index (κ2) is 6.72. The van der Waals surface area contributed by atoms with Gasteiger partial charge < -0.3 is 9.84 Å². The normalized spacial score (nSPS) is 22.7. The number of nitrogens with zero attached hydrogens (tertiary/aromatic N) is 3. The van der Waals surface area contributed by atoms with E-state index in [1.165, 1.54) is 16.9 Å². The Labute approximate surface area is 158 Å². The number of hydrogen-bond donors (Lipinski definition) is 1. The van der Waals surface area contributed by atoms with E-state index >= 15 is 0 Å². The number of aryl methyl sites for hydroxylation is 3. The van der Waals surface area contributed by atoms with Crippen molar-refractivity contribution in [2.45, 2.75) is 37.0 Å². The highest BCUT2D eigenvalue weighted by Gasteiger charge is 2.45. The summed E-state index contributed by atoms with van der Waals surface area (Å²) in [4.78, 5) is 16.8. The molecule has 2 aromatic rings. The Balaban J connectivity index is 1.66. The maximum absolute atomic E-state index is 13.2. The molecule has 1 fully saturated rings. The Morgan fingerprint density at radius 2 is 2.04 bits per heavy atom. The highest BCUT2D eigenvalue weighted by molar-refractivity contribution is 7.89. The lowest BCUT2D eigenvalue weighted by atomic mass is 9.95. The molecule has 27 heavy (non-hydrogen) atoms. The smallest absolute Gasteiger partial charge is 0.243 e. The van der Waals surface area contributed by atoms with Gasteiger partial charge in [0.1, 0.15) is 0 Å². The average molecular weight is 390 g/mol. The minimum Gasteiger partial charge on any atom is -0.359 e. The maximum atomic E-state index is 13.2. The van der Waals surface area contributed by atoms with Crippen LogP contribution in [0, 0.1) is 12.8 Å². The number of sulfonamides is 1. The van der Waals surface area contributed by atoms with Crippen LogP contribution < -0.4 is 5.32 Å². The molecule has 1 N–H and O–H groups in total. The zero-order valence-electron chi connectivity index (χ0n) is 15.3. The summed E-state index contributed by atoms with van der Waals surface area (Å²) >= 11 is 0. The minimum absolute atomic E-state index is 0.0885. The lowest BCUT2D eigenvalue weighted by Gasteiger charge is -2.17. The molecule has 2 heterocycles. The number of hydrogen-bond acceptors (Lipinski definition) is 6. The minimum atomic E-state index is -3.71. The molecule has 0 bridgehead atoms. The summed E-state index contributed by atoms with van der Waals surface area (Å²) in [6.45, 7) is 1.92. The number of nitrogens with one attached hydrogen (secondary N) is 1. The fraction of sp³-hybridized carbons (Fsp3) is 0.500. The van der Waals surface area contributed by atoms with Crippen LogP contribution in [0.15, 0.2) is 27.6 Å². The molecule has 1 aromatic carbocycles. The van der Waals surface area contributed by atoms with Crippen LogP contribution in [0.4, 0.5) is 0 Å². The van der Waals surface area contributed by atoms with Gasteiger partial charge in [-0.05, 0) is 49.4 Å². The van der Waals surface area contributed by atoms with Crippen molar-refractivity contribution >= 4 is 15.9 Å².